The number of likely N-dealkylation sites (tertiary alicyclic amines) is 1. The first-order valence-corrected chi connectivity index (χ1v) is 13.1. The molecule has 2 aromatic rings. The molecular formula is C24H24N2O5S2. The zero-order valence-corrected chi connectivity index (χ0v) is 19.7. The lowest BCUT2D eigenvalue weighted by molar-refractivity contribution is -0.142. The molecule has 7 nitrogen and oxygen atoms in total. The van der Waals surface area contributed by atoms with E-state index in [4.69, 9.17) is 5.11 Å². The van der Waals surface area contributed by atoms with Crippen molar-refractivity contribution < 1.29 is 19.5 Å². The summed E-state index contributed by atoms with van der Waals surface area (Å²) in [5.74, 6) is -1.39. The Labute approximate surface area is 198 Å². The van der Waals surface area contributed by atoms with E-state index >= 15 is 0 Å². The highest BCUT2D eigenvalue weighted by molar-refractivity contribution is 8.00. The van der Waals surface area contributed by atoms with Crippen LogP contribution in [-0.2, 0) is 14.4 Å². The number of aromatic amines is 1. The first kappa shape index (κ1) is 21.2. The second kappa shape index (κ2) is 7.56. The van der Waals surface area contributed by atoms with Gasteiger partial charge in [0.05, 0.1) is 16.9 Å². The number of benzene rings is 1. The standard InChI is InChI=1S/C24H24N2O5S2/c1-10-5-2-3-6-11(10)15-16-12-9-13(19(16)32-21-20(15)33-24(31)25-21)18-17(12)22(29)26(23(18)30)8-4-7-14(27)28/h2-3,5-6,12-13,15-19H,4,7-9H2,1H3,(H,25,31)(H,27,28)/t12-,13+,15+,16+,17+,18+,19-/m1/s1. The van der Waals surface area contributed by atoms with E-state index in [1.165, 1.54) is 27.4 Å². The molecule has 4 aliphatic rings. The van der Waals surface area contributed by atoms with Crippen LogP contribution in [0.4, 0.5) is 0 Å². The van der Waals surface area contributed by atoms with E-state index < -0.39 is 5.97 Å². The number of carbonyl (C=O) groups is 3. The van der Waals surface area contributed by atoms with Gasteiger partial charge in [0.2, 0.25) is 11.8 Å². The second-order valence-electron chi connectivity index (χ2n) is 9.64. The van der Waals surface area contributed by atoms with Crippen molar-refractivity contribution in [2.75, 3.05) is 6.54 Å². The van der Waals surface area contributed by atoms with Crippen LogP contribution in [0.15, 0.2) is 34.1 Å². The smallest absolute Gasteiger partial charge is 0.305 e. The molecule has 7 atom stereocenters. The number of hydrogen-bond acceptors (Lipinski definition) is 6. The molecule has 3 heterocycles. The van der Waals surface area contributed by atoms with Crippen LogP contribution < -0.4 is 4.87 Å². The van der Waals surface area contributed by atoms with Crippen LogP contribution in [0.2, 0.25) is 0 Å². The highest BCUT2D eigenvalue weighted by Gasteiger charge is 2.69. The predicted molar refractivity (Wildman–Crippen MR) is 123 cm³/mol. The SMILES string of the molecule is Cc1ccccc1[C@@H]1c2sc(=O)[nH]c2S[C@@H]2[C@H]3C[C@@H]([C@@H]4C(=O)N(CCCC(=O)O)C(=O)[C@@H]34)[C@@H]12. The summed E-state index contributed by atoms with van der Waals surface area (Å²) < 4.78 is 0. The number of H-pyrrole nitrogens is 1. The van der Waals surface area contributed by atoms with Crippen LogP contribution in [0.5, 0.6) is 0 Å². The van der Waals surface area contributed by atoms with Crippen molar-refractivity contribution in [2.45, 2.75) is 42.4 Å². The number of amides is 2. The Balaban J connectivity index is 1.39. The molecule has 0 radical (unpaired) electrons. The molecule has 9 heteroatoms. The van der Waals surface area contributed by atoms with Gasteiger partial charge in [-0.2, -0.15) is 0 Å². The average Bonchev–Trinajstić information content (AvgIpc) is 3.49. The first-order valence-electron chi connectivity index (χ1n) is 11.4. The molecule has 2 aliphatic heterocycles. The summed E-state index contributed by atoms with van der Waals surface area (Å²) in [6, 6.07) is 8.26. The van der Waals surface area contributed by atoms with Crippen molar-refractivity contribution in [3.63, 3.8) is 0 Å². The Morgan fingerprint density at radius 1 is 1.15 bits per heavy atom. The lowest BCUT2D eigenvalue weighted by atomic mass is 9.67. The third-order valence-corrected chi connectivity index (χ3v) is 10.7. The summed E-state index contributed by atoms with van der Waals surface area (Å²) in [6.45, 7) is 2.27. The monoisotopic (exact) mass is 484 g/mol. The van der Waals surface area contributed by atoms with Gasteiger partial charge in [0.25, 0.3) is 0 Å². The van der Waals surface area contributed by atoms with Gasteiger partial charge in [0.15, 0.2) is 0 Å². The molecule has 33 heavy (non-hydrogen) atoms. The molecular weight excluding hydrogens is 460 g/mol. The van der Waals surface area contributed by atoms with Crippen molar-refractivity contribution in [3.8, 4) is 0 Å². The van der Waals surface area contributed by atoms with Crippen LogP contribution in [0.25, 0.3) is 0 Å². The molecule has 6 rings (SSSR count). The van der Waals surface area contributed by atoms with Crippen molar-refractivity contribution in [2.24, 2.45) is 29.6 Å². The molecule has 172 valence electrons. The lowest BCUT2D eigenvalue weighted by Gasteiger charge is -2.43. The summed E-state index contributed by atoms with van der Waals surface area (Å²) in [5.41, 5.74) is 2.37. The number of thioether (sulfide) groups is 1. The second-order valence-corrected chi connectivity index (χ2v) is 11.8. The van der Waals surface area contributed by atoms with E-state index in [1.54, 1.807) is 11.8 Å². The number of imide groups is 1. The largest absolute Gasteiger partial charge is 0.481 e. The van der Waals surface area contributed by atoms with Gasteiger partial charge >= 0.3 is 10.8 Å². The van der Waals surface area contributed by atoms with Gasteiger partial charge in [-0.05, 0) is 48.6 Å². The minimum atomic E-state index is -0.919. The van der Waals surface area contributed by atoms with E-state index in [0.717, 1.165) is 16.3 Å². The molecule has 2 N–H and O–H groups in total. The quantitative estimate of drug-likeness (QED) is 0.632. The van der Waals surface area contributed by atoms with Gasteiger partial charge in [-0.3, -0.25) is 24.1 Å². The van der Waals surface area contributed by atoms with Crippen molar-refractivity contribution in [3.05, 3.63) is 49.9 Å². The number of hydrogen-bond donors (Lipinski definition) is 2. The molecule has 3 fully saturated rings. The van der Waals surface area contributed by atoms with E-state index in [1.807, 2.05) is 12.1 Å². The van der Waals surface area contributed by atoms with Crippen LogP contribution in [0, 0.1) is 36.5 Å². The topological polar surface area (TPSA) is 108 Å². The van der Waals surface area contributed by atoms with Crippen LogP contribution in [-0.4, -0.2) is 44.6 Å². The Morgan fingerprint density at radius 3 is 2.61 bits per heavy atom. The van der Waals surface area contributed by atoms with Crippen LogP contribution in [0.3, 0.4) is 0 Å². The van der Waals surface area contributed by atoms with E-state index in [-0.39, 0.29) is 76.8 Å². The number of carboxylic acids is 1. The number of rotatable bonds is 5. The molecule has 1 saturated heterocycles. The van der Waals surface area contributed by atoms with Gasteiger partial charge in [-0.25, -0.2) is 0 Å². The molecule has 2 aliphatic carbocycles. The minimum absolute atomic E-state index is 0.0383. The lowest BCUT2D eigenvalue weighted by Crippen LogP contribution is -2.42. The number of nitrogens with zero attached hydrogens (tertiary/aromatic N) is 1. The molecule has 2 amide bonds. The highest BCUT2D eigenvalue weighted by atomic mass is 32.2. The maximum atomic E-state index is 13.4. The van der Waals surface area contributed by atoms with E-state index in [2.05, 4.69) is 24.0 Å². The molecule has 1 aromatic heterocycles. The Hall–Kier alpha value is -2.39. The van der Waals surface area contributed by atoms with E-state index in [0.29, 0.717) is 0 Å². The number of carbonyl (C=O) groups excluding carboxylic acids is 2. The maximum absolute atomic E-state index is 13.4. The number of thiazole rings is 1. The summed E-state index contributed by atoms with van der Waals surface area (Å²) in [4.78, 5) is 55.2. The average molecular weight is 485 g/mol. The Morgan fingerprint density at radius 2 is 1.88 bits per heavy atom. The van der Waals surface area contributed by atoms with Crippen LogP contribution >= 0.6 is 23.1 Å². The van der Waals surface area contributed by atoms with Gasteiger partial charge in [0.1, 0.15) is 0 Å². The Bertz CT molecular complexity index is 1240. The van der Waals surface area contributed by atoms with Gasteiger partial charge in [0, 0.05) is 29.0 Å². The fraction of sp³-hybridized carbons (Fsp3) is 0.500. The number of fused-ring (bicyclic) bond motifs is 9. The molecule has 2 bridgehead atoms. The summed E-state index contributed by atoms with van der Waals surface area (Å²) in [6.07, 6.45) is 1.09. The summed E-state index contributed by atoms with van der Waals surface area (Å²) in [7, 11) is 0. The normalized spacial score (nSPS) is 33.8. The third-order valence-electron chi connectivity index (χ3n) is 8.11. The summed E-state index contributed by atoms with van der Waals surface area (Å²) in [5, 5.41) is 10.0. The number of aryl methyl sites for hydroxylation is 1. The fourth-order valence-corrected chi connectivity index (χ4v) is 9.85. The fourth-order valence-electron chi connectivity index (χ4n) is 6.97. The molecule has 2 saturated carbocycles. The molecule has 0 spiro atoms. The molecule has 1 aromatic carbocycles. The van der Waals surface area contributed by atoms with Gasteiger partial charge in [-0.15, -0.1) is 11.8 Å². The third kappa shape index (κ3) is 3.01. The number of aliphatic carboxylic acids is 1. The van der Waals surface area contributed by atoms with Crippen molar-refractivity contribution >= 4 is 40.9 Å². The first-order chi connectivity index (χ1) is 15.9. The predicted octanol–water partition coefficient (Wildman–Crippen LogP) is 3.08. The zero-order valence-electron chi connectivity index (χ0n) is 18.0. The van der Waals surface area contributed by atoms with Gasteiger partial charge < -0.3 is 10.1 Å². The number of nitrogens with one attached hydrogen (secondary N) is 1. The number of carboxylic acid groups (broad SMARTS) is 1. The Kier molecular flexibility index (Phi) is 4.85. The van der Waals surface area contributed by atoms with Crippen molar-refractivity contribution in [1.29, 1.82) is 0 Å². The minimum Gasteiger partial charge on any atom is -0.481 e. The molecule has 0 unspecified atom stereocenters. The van der Waals surface area contributed by atoms with Crippen LogP contribution in [0.1, 0.15) is 41.2 Å². The van der Waals surface area contributed by atoms with Crippen molar-refractivity contribution in [1.82, 2.24) is 9.88 Å². The number of aromatic nitrogens is 1. The summed E-state index contributed by atoms with van der Waals surface area (Å²) >= 11 is 2.96. The maximum Gasteiger partial charge on any atom is 0.305 e. The van der Waals surface area contributed by atoms with Gasteiger partial charge in [-0.1, -0.05) is 35.6 Å². The zero-order chi connectivity index (χ0) is 23.0. The highest BCUT2D eigenvalue weighted by Crippen LogP contribution is 2.68. The van der Waals surface area contributed by atoms with E-state index in [9.17, 15) is 19.2 Å².